The Morgan fingerprint density at radius 1 is 1.09 bits per heavy atom. The molecule has 0 bridgehead atoms. The number of rotatable bonds is 3. The predicted octanol–water partition coefficient (Wildman–Crippen LogP) is 4.18. The van der Waals surface area contributed by atoms with Crippen LogP contribution in [0.5, 0.6) is 0 Å². The predicted molar refractivity (Wildman–Crippen MR) is 69.4 cm³/mol. The topological polar surface area (TPSA) is 38.0 Å². The summed E-state index contributed by atoms with van der Waals surface area (Å²) in [5, 5.41) is 8.94. The van der Waals surface area contributed by atoms with Gasteiger partial charge in [0.1, 0.15) is 11.9 Å². The van der Waals surface area contributed by atoms with E-state index in [0.29, 0.717) is 16.3 Å². The molecule has 1 atom stereocenters. The maximum atomic E-state index is 12.9. The van der Waals surface area contributed by atoms with Crippen LogP contribution in [0.3, 0.4) is 0 Å². The van der Waals surface area contributed by atoms with E-state index < -0.39 is 29.9 Å². The Hall–Kier alpha value is -2.03. The highest BCUT2D eigenvalue weighted by Crippen LogP contribution is 2.37. The first-order valence-electron chi connectivity index (χ1n) is 6.47. The van der Waals surface area contributed by atoms with Crippen molar-refractivity contribution in [1.29, 1.82) is 0 Å². The van der Waals surface area contributed by atoms with Crippen LogP contribution < -0.4 is 0 Å². The average Bonchev–Trinajstić information content (AvgIpc) is 2.90. The van der Waals surface area contributed by atoms with Gasteiger partial charge in [0.05, 0.1) is 6.61 Å². The molecule has 0 aliphatic carbocycles. The minimum atomic E-state index is -4.85. The van der Waals surface area contributed by atoms with Gasteiger partial charge in [-0.25, -0.2) is 4.98 Å². The molecule has 1 aromatic heterocycles. The number of aliphatic hydroxyl groups excluding tert-OH is 1. The first-order chi connectivity index (χ1) is 10.5. The Labute approximate surface area is 127 Å². The van der Waals surface area contributed by atoms with E-state index in [0.717, 1.165) is 6.92 Å². The Bertz CT molecular complexity index is 672. The summed E-state index contributed by atoms with van der Waals surface area (Å²) in [7, 11) is 0. The van der Waals surface area contributed by atoms with E-state index in [-0.39, 0.29) is 12.2 Å². The fourth-order valence-corrected chi connectivity index (χ4v) is 1.96. The molecule has 0 amide bonds. The molecule has 0 saturated carbocycles. The molecule has 1 heterocycles. The molecule has 0 saturated heterocycles. The zero-order valence-corrected chi connectivity index (χ0v) is 11.8. The summed E-state index contributed by atoms with van der Waals surface area (Å²) in [6.07, 6.45) is -9.22. The lowest BCUT2D eigenvalue weighted by molar-refractivity contribution is -0.163. The van der Waals surface area contributed by atoms with Gasteiger partial charge in [0.15, 0.2) is 5.69 Å². The standard InChI is InChI=1S/C14H12F6N2O/c1-8(13(15,16)17)22-6-11(14(18,19)20)21-12(22)10-4-2-9(7-23)3-5-10/h2-6,8,23H,7H2,1H3. The molecule has 1 N–H and O–H groups in total. The van der Waals surface area contributed by atoms with Gasteiger partial charge >= 0.3 is 12.4 Å². The minimum absolute atomic E-state index is 0.0915. The third-order valence-corrected chi connectivity index (χ3v) is 3.31. The molecule has 9 heteroatoms. The number of aliphatic hydroxyl groups is 1. The van der Waals surface area contributed by atoms with Gasteiger partial charge in [-0.3, -0.25) is 0 Å². The molecule has 0 aliphatic rings. The maximum Gasteiger partial charge on any atom is 0.434 e. The number of hydrogen-bond acceptors (Lipinski definition) is 2. The lowest BCUT2D eigenvalue weighted by atomic mass is 10.1. The Kier molecular flexibility index (Phi) is 4.43. The molecular formula is C14H12F6N2O. The highest BCUT2D eigenvalue weighted by Gasteiger charge is 2.41. The van der Waals surface area contributed by atoms with Gasteiger partial charge in [0.25, 0.3) is 0 Å². The molecule has 23 heavy (non-hydrogen) atoms. The number of nitrogens with zero attached hydrogens (tertiary/aromatic N) is 2. The van der Waals surface area contributed by atoms with Crippen molar-refractivity contribution in [2.75, 3.05) is 0 Å². The van der Waals surface area contributed by atoms with Gasteiger partial charge < -0.3 is 9.67 Å². The van der Waals surface area contributed by atoms with E-state index in [2.05, 4.69) is 4.98 Å². The van der Waals surface area contributed by atoms with Crippen LogP contribution in [-0.4, -0.2) is 20.8 Å². The second-order valence-electron chi connectivity index (χ2n) is 4.93. The van der Waals surface area contributed by atoms with Gasteiger partial charge in [-0.2, -0.15) is 26.3 Å². The number of halogens is 6. The zero-order valence-electron chi connectivity index (χ0n) is 11.8. The van der Waals surface area contributed by atoms with Crippen molar-refractivity contribution in [3.05, 3.63) is 41.7 Å². The number of imidazole rings is 1. The molecule has 0 radical (unpaired) electrons. The lowest BCUT2D eigenvalue weighted by Gasteiger charge is -2.19. The Morgan fingerprint density at radius 2 is 1.65 bits per heavy atom. The van der Waals surface area contributed by atoms with Crippen molar-refractivity contribution in [2.45, 2.75) is 31.9 Å². The fourth-order valence-electron chi connectivity index (χ4n) is 1.96. The quantitative estimate of drug-likeness (QED) is 0.853. The SMILES string of the molecule is CC(n1cc(C(F)(F)F)nc1-c1ccc(CO)cc1)C(F)(F)F. The normalized spacial score (nSPS) is 14.1. The van der Waals surface area contributed by atoms with Crippen molar-refractivity contribution in [3.63, 3.8) is 0 Å². The van der Waals surface area contributed by atoms with E-state index in [1.807, 2.05) is 0 Å². The average molecular weight is 338 g/mol. The number of benzene rings is 1. The van der Waals surface area contributed by atoms with Crippen LogP contribution in [0, 0.1) is 0 Å². The third-order valence-electron chi connectivity index (χ3n) is 3.31. The van der Waals surface area contributed by atoms with Crippen LogP contribution in [0.15, 0.2) is 30.5 Å². The number of aromatic nitrogens is 2. The van der Waals surface area contributed by atoms with Crippen molar-refractivity contribution in [3.8, 4) is 11.4 Å². The zero-order chi connectivity index (χ0) is 17.4. The molecule has 1 unspecified atom stereocenters. The number of alkyl halides is 6. The van der Waals surface area contributed by atoms with Gasteiger partial charge in [-0.15, -0.1) is 0 Å². The molecule has 2 aromatic rings. The highest BCUT2D eigenvalue weighted by atomic mass is 19.4. The van der Waals surface area contributed by atoms with Crippen molar-refractivity contribution in [2.24, 2.45) is 0 Å². The van der Waals surface area contributed by atoms with E-state index in [1.54, 1.807) is 0 Å². The molecule has 2 rings (SSSR count). The van der Waals surface area contributed by atoms with E-state index in [9.17, 15) is 26.3 Å². The molecule has 0 spiro atoms. The summed E-state index contributed by atoms with van der Waals surface area (Å²) in [5.74, 6) is -0.438. The van der Waals surface area contributed by atoms with Crippen LogP contribution in [0.2, 0.25) is 0 Å². The minimum Gasteiger partial charge on any atom is -0.392 e. The summed E-state index contributed by atoms with van der Waals surface area (Å²) in [4.78, 5) is 3.32. The van der Waals surface area contributed by atoms with Crippen LogP contribution >= 0.6 is 0 Å². The van der Waals surface area contributed by atoms with Crippen molar-refractivity contribution >= 4 is 0 Å². The third kappa shape index (κ3) is 3.66. The van der Waals surface area contributed by atoms with Crippen LogP contribution in [0.1, 0.15) is 24.2 Å². The van der Waals surface area contributed by atoms with Crippen LogP contribution in [0.4, 0.5) is 26.3 Å². The molecule has 0 fully saturated rings. The molecule has 1 aromatic carbocycles. The molecule has 126 valence electrons. The summed E-state index contributed by atoms with van der Waals surface area (Å²) >= 11 is 0. The monoisotopic (exact) mass is 338 g/mol. The van der Waals surface area contributed by atoms with Gasteiger partial charge in [0.2, 0.25) is 0 Å². The van der Waals surface area contributed by atoms with Crippen LogP contribution in [0.25, 0.3) is 11.4 Å². The van der Waals surface area contributed by atoms with E-state index in [4.69, 9.17) is 5.11 Å². The van der Waals surface area contributed by atoms with E-state index in [1.165, 1.54) is 24.3 Å². The molecular weight excluding hydrogens is 326 g/mol. The smallest absolute Gasteiger partial charge is 0.392 e. The second-order valence-corrected chi connectivity index (χ2v) is 4.93. The van der Waals surface area contributed by atoms with Crippen molar-refractivity contribution in [1.82, 2.24) is 9.55 Å². The highest BCUT2D eigenvalue weighted by molar-refractivity contribution is 5.57. The summed E-state index contributed by atoms with van der Waals surface area (Å²) in [6, 6.07) is 3.26. The first kappa shape index (κ1) is 17.3. The summed E-state index contributed by atoms with van der Waals surface area (Å²) < 4.78 is 77.5. The fraction of sp³-hybridized carbons (Fsp3) is 0.357. The van der Waals surface area contributed by atoms with Gasteiger partial charge in [-0.05, 0) is 12.5 Å². The van der Waals surface area contributed by atoms with Crippen LogP contribution in [-0.2, 0) is 12.8 Å². The van der Waals surface area contributed by atoms with E-state index >= 15 is 0 Å². The maximum absolute atomic E-state index is 12.9. The van der Waals surface area contributed by atoms with Gasteiger partial charge in [0, 0.05) is 11.8 Å². The Balaban J connectivity index is 2.57. The summed E-state index contributed by atoms with van der Waals surface area (Å²) in [6.45, 7) is 0.467. The lowest BCUT2D eigenvalue weighted by Crippen LogP contribution is -2.24. The summed E-state index contributed by atoms with van der Waals surface area (Å²) in [5.41, 5.74) is -0.824. The molecule has 3 nitrogen and oxygen atoms in total. The van der Waals surface area contributed by atoms with Gasteiger partial charge in [-0.1, -0.05) is 24.3 Å². The Morgan fingerprint density at radius 3 is 2.09 bits per heavy atom. The largest absolute Gasteiger partial charge is 0.434 e. The van der Waals surface area contributed by atoms with Crippen molar-refractivity contribution < 1.29 is 31.4 Å². The molecule has 0 aliphatic heterocycles. The number of hydrogen-bond donors (Lipinski definition) is 1. The first-order valence-corrected chi connectivity index (χ1v) is 6.47. The second kappa shape index (κ2) is 5.88.